The number of carbonyl (C=O) groups excluding carboxylic acids is 1. The number of sulfone groups is 1. The van der Waals surface area contributed by atoms with Gasteiger partial charge in [0.2, 0.25) is 0 Å². The molecule has 1 aromatic rings. The summed E-state index contributed by atoms with van der Waals surface area (Å²) in [6.07, 6.45) is 0.405. The third-order valence-corrected chi connectivity index (χ3v) is 4.27. The molecule has 0 aromatic heterocycles. The van der Waals surface area contributed by atoms with Crippen LogP contribution in [0.4, 0.5) is 0 Å². The standard InChI is InChI=1S/C11H13ClO4S/c1-16-11(13)9-3-5-10(6-4-9)17(14,15)8-2-7-12/h3-6H,2,7-8H2,1H3. The van der Waals surface area contributed by atoms with Crippen molar-refractivity contribution in [1.29, 1.82) is 0 Å². The molecular weight excluding hydrogens is 264 g/mol. The number of alkyl halides is 1. The van der Waals surface area contributed by atoms with Crippen LogP contribution in [0.1, 0.15) is 16.8 Å². The molecule has 1 aromatic carbocycles. The monoisotopic (exact) mass is 276 g/mol. The number of ether oxygens (including phenoxy) is 1. The molecule has 0 amide bonds. The molecule has 0 heterocycles. The smallest absolute Gasteiger partial charge is 0.337 e. The van der Waals surface area contributed by atoms with Gasteiger partial charge in [-0.25, -0.2) is 13.2 Å². The Morgan fingerprint density at radius 1 is 1.29 bits per heavy atom. The van der Waals surface area contributed by atoms with Crippen molar-refractivity contribution in [3.8, 4) is 0 Å². The quantitative estimate of drug-likeness (QED) is 0.608. The summed E-state index contributed by atoms with van der Waals surface area (Å²) in [4.78, 5) is 11.3. The van der Waals surface area contributed by atoms with Crippen molar-refractivity contribution >= 4 is 27.4 Å². The molecule has 0 unspecified atom stereocenters. The third-order valence-electron chi connectivity index (χ3n) is 2.18. The van der Waals surface area contributed by atoms with Crippen molar-refractivity contribution in [3.05, 3.63) is 29.8 Å². The maximum absolute atomic E-state index is 11.8. The molecule has 0 saturated heterocycles. The molecular formula is C11H13ClO4S. The fraction of sp³-hybridized carbons (Fsp3) is 0.364. The van der Waals surface area contributed by atoms with Crippen molar-refractivity contribution < 1.29 is 17.9 Å². The lowest BCUT2D eigenvalue weighted by Gasteiger charge is -2.04. The highest BCUT2D eigenvalue weighted by Crippen LogP contribution is 2.14. The second-order valence-corrected chi connectivity index (χ2v) is 5.86. The summed E-state index contributed by atoms with van der Waals surface area (Å²) in [5, 5.41) is 0. The molecule has 1 rings (SSSR count). The summed E-state index contributed by atoms with van der Waals surface area (Å²) in [5.74, 6) is -0.178. The lowest BCUT2D eigenvalue weighted by Crippen LogP contribution is -2.08. The molecule has 0 radical (unpaired) electrons. The normalized spacial score (nSPS) is 11.2. The molecule has 0 aliphatic heterocycles. The summed E-state index contributed by atoms with van der Waals surface area (Å²) >= 11 is 5.45. The van der Waals surface area contributed by atoms with E-state index in [1.807, 2.05) is 0 Å². The summed E-state index contributed by atoms with van der Waals surface area (Å²) in [6.45, 7) is 0. The highest BCUT2D eigenvalue weighted by atomic mass is 35.5. The maximum Gasteiger partial charge on any atom is 0.337 e. The van der Waals surface area contributed by atoms with Gasteiger partial charge < -0.3 is 4.74 Å². The zero-order valence-corrected chi connectivity index (χ0v) is 10.9. The van der Waals surface area contributed by atoms with E-state index in [4.69, 9.17) is 11.6 Å². The van der Waals surface area contributed by atoms with Crippen LogP contribution in [-0.4, -0.2) is 33.1 Å². The van der Waals surface area contributed by atoms with E-state index in [9.17, 15) is 13.2 Å². The predicted octanol–water partition coefficient (Wildman–Crippen LogP) is 1.88. The minimum atomic E-state index is -3.31. The zero-order valence-electron chi connectivity index (χ0n) is 9.35. The van der Waals surface area contributed by atoms with Crippen LogP contribution in [0.3, 0.4) is 0 Å². The Balaban J connectivity index is 2.91. The third kappa shape index (κ3) is 3.71. The number of esters is 1. The number of rotatable bonds is 5. The number of methoxy groups -OCH3 is 1. The van der Waals surface area contributed by atoms with Crippen LogP contribution in [0.5, 0.6) is 0 Å². The van der Waals surface area contributed by atoms with Crippen molar-refractivity contribution in [3.63, 3.8) is 0 Å². The van der Waals surface area contributed by atoms with Gasteiger partial charge in [0.15, 0.2) is 9.84 Å². The largest absolute Gasteiger partial charge is 0.465 e. The second kappa shape index (κ2) is 6.02. The lowest BCUT2D eigenvalue weighted by atomic mass is 10.2. The molecule has 0 N–H and O–H groups in total. The second-order valence-electron chi connectivity index (χ2n) is 3.38. The molecule has 0 aliphatic rings. The predicted molar refractivity (Wildman–Crippen MR) is 65.2 cm³/mol. The number of carbonyl (C=O) groups is 1. The lowest BCUT2D eigenvalue weighted by molar-refractivity contribution is 0.0600. The molecule has 0 saturated carbocycles. The Morgan fingerprint density at radius 3 is 2.35 bits per heavy atom. The van der Waals surface area contributed by atoms with E-state index in [-0.39, 0.29) is 10.6 Å². The first-order valence-corrected chi connectivity index (χ1v) is 7.17. The SMILES string of the molecule is COC(=O)c1ccc(S(=O)(=O)CCCCl)cc1. The van der Waals surface area contributed by atoms with E-state index in [0.29, 0.717) is 17.9 Å². The Morgan fingerprint density at radius 2 is 1.88 bits per heavy atom. The first-order chi connectivity index (χ1) is 8.01. The Kier molecular flexibility index (Phi) is 4.96. The topological polar surface area (TPSA) is 60.4 Å². The minimum absolute atomic E-state index is 0.00801. The number of hydrogen-bond acceptors (Lipinski definition) is 4. The van der Waals surface area contributed by atoms with Gasteiger partial charge in [0.1, 0.15) is 0 Å². The van der Waals surface area contributed by atoms with Crippen LogP contribution >= 0.6 is 11.6 Å². The fourth-order valence-electron chi connectivity index (χ4n) is 1.28. The Hall–Kier alpha value is -1.07. The van der Waals surface area contributed by atoms with Gasteiger partial charge >= 0.3 is 5.97 Å². The van der Waals surface area contributed by atoms with Gasteiger partial charge in [0.05, 0.1) is 23.3 Å². The molecule has 0 aliphatic carbocycles. The van der Waals surface area contributed by atoms with Crippen LogP contribution in [-0.2, 0) is 14.6 Å². The van der Waals surface area contributed by atoms with Gasteiger partial charge in [0, 0.05) is 5.88 Å². The average Bonchev–Trinajstić information content (AvgIpc) is 2.35. The van der Waals surface area contributed by atoms with E-state index in [1.165, 1.54) is 31.4 Å². The summed E-state index contributed by atoms with van der Waals surface area (Å²) in [5.41, 5.74) is 0.323. The number of halogens is 1. The van der Waals surface area contributed by atoms with E-state index < -0.39 is 15.8 Å². The minimum Gasteiger partial charge on any atom is -0.465 e. The van der Waals surface area contributed by atoms with Crippen LogP contribution < -0.4 is 0 Å². The molecule has 6 heteroatoms. The number of hydrogen-bond donors (Lipinski definition) is 0. The van der Waals surface area contributed by atoms with Crippen LogP contribution in [0, 0.1) is 0 Å². The molecule has 94 valence electrons. The van der Waals surface area contributed by atoms with E-state index in [2.05, 4.69) is 4.74 Å². The van der Waals surface area contributed by atoms with E-state index >= 15 is 0 Å². The van der Waals surface area contributed by atoms with Gasteiger partial charge in [0.25, 0.3) is 0 Å². The first kappa shape index (κ1) is 14.0. The van der Waals surface area contributed by atoms with Crippen molar-refractivity contribution in [1.82, 2.24) is 0 Å². The van der Waals surface area contributed by atoms with Crippen molar-refractivity contribution in [2.24, 2.45) is 0 Å². The number of benzene rings is 1. The van der Waals surface area contributed by atoms with Gasteiger partial charge in [-0.05, 0) is 30.7 Å². The van der Waals surface area contributed by atoms with Crippen molar-refractivity contribution in [2.45, 2.75) is 11.3 Å². The molecule has 0 spiro atoms. The van der Waals surface area contributed by atoms with Gasteiger partial charge in [-0.3, -0.25) is 0 Å². The first-order valence-electron chi connectivity index (χ1n) is 4.98. The maximum atomic E-state index is 11.8. The molecule has 0 fully saturated rings. The van der Waals surface area contributed by atoms with Gasteiger partial charge in [-0.1, -0.05) is 0 Å². The van der Waals surface area contributed by atoms with E-state index in [0.717, 1.165) is 0 Å². The summed E-state index contributed by atoms with van der Waals surface area (Å²) < 4.78 is 28.1. The van der Waals surface area contributed by atoms with Crippen LogP contribution in [0.15, 0.2) is 29.2 Å². The molecule has 4 nitrogen and oxygen atoms in total. The highest BCUT2D eigenvalue weighted by Gasteiger charge is 2.14. The zero-order chi connectivity index (χ0) is 12.9. The van der Waals surface area contributed by atoms with Gasteiger partial charge in [-0.2, -0.15) is 0 Å². The summed E-state index contributed by atoms with van der Waals surface area (Å²) in [7, 11) is -2.04. The molecule has 0 atom stereocenters. The van der Waals surface area contributed by atoms with E-state index in [1.54, 1.807) is 0 Å². The molecule has 0 bridgehead atoms. The summed E-state index contributed by atoms with van der Waals surface area (Å²) in [6, 6.07) is 5.66. The van der Waals surface area contributed by atoms with Crippen molar-refractivity contribution in [2.75, 3.05) is 18.7 Å². The van der Waals surface area contributed by atoms with Gasteiger partial charge in [-0.15, -0.1) is 11.6 Å². The molecule has 17 heavy (non-hydrogen) atoms. The average molecular weight is 277 g/mol. The van der Waals surface area contributed by atoms with Crippen LogP contribution in [0.2, 0.25) is 0 Å². The highest BCUT2D eigenvalue weighted by molar-refractivity contribution is 7.91. The fourth-order valence-corrected chi connectivity index (χ4v) is 2.88. The Bertz CT molecular complexity index is 479. The van der Waals surface area contributed by atoms with Crippen LogP contribution in [0.25, 0.3) is 0 Å². The Labute approximate surface area is 105 Å².